The number of benzene rings is 1. The number of halogens is 4. The summed E-state index contributed by atoms with van der Waals surface area (Å²) in [5.74, 6) is -3.96. The number of fused-ring (bicyclic) bond motifs is 1. The summed E-state index contributed by atoms with van der Waals surface area (Å²) >= 11 is 4.14. The number of ether oxygens (including phenoxy) is 1. The Morgan fingerprint density at radius 2 is 1.94 bits per heavy atom. The highest BCUT2D eigenvalue weighted by Crippen LogP contribution is 2.43. The van der Waals surface area contributed by atoms with Gasteiger partial charge in [-0.3, -0.25) is 0 Å². The Hall–Kier alpha value is -0.910. The molecule has 0 saturated heterocycles. The van der Waals surface area contributed by atoms with Crippen LogP contribution in [0.1, 0.15) is 17.2 Å². The SMILES string of the molecule is FC(F)C(F)(F)[C@H]1C[C@@H](S)c2ccccc2O1. The van der Waals surface area contributed by atoms with E-state index in [9.17, 15) is 17.6 Å². The smallest absolute Gasteiger partial charge is 0.343 e. The molecular formula is C11H10F4OS. The van der Waals surface area contributed by atoms with Crippen LogP contribution in [0.15, 0.2) is 24.3 Å². The van der Waals surface area contributed by atoms with E-state index in [4.69, 9.17) is 4.74 Å². The zero-order chi connectivity index (χ0) is 12.6. The van der Waals surface area contributed by atoms with Gasteiger partial charge in [-0.15, -0.1) is 0 Å². The van der Waals surface area contributed by atoms with E-state index in [1.807, 2.05) is 0 Å². The third-order valence-electron chi connectivity index (χ3n) is 2.70. The van der Waals surface area contributed by atoms with E-state index in [-0.39, 0.29) is 12.2 Å². The van der Waals surface area contributed by atoms with E-state index < -0.39 is 23.7 Å². The first-order valence-corrected chi connectivity index (χ1v) is 5.54. The minimum atomic E-state index is -4.16. The van der Waals surface area contributed by atoms with Crippen molar-refractivity contribution in [2.45, 2.75) is 30.1 Å². The van der Waals surface area contributed by atoms with Crippen molar-refractivity contribution in [3.63, 3.8) is 0 Å². The van der Waals surface area contributed by atoms with Crippen molar-refractivity contribution in [3.8, 4) is 5.75 Å². The van der Waals surface area contributed by atoms with Gasteiger partial charge >= 0.3 is 12.3 Å². The Morgan fingerprint density at radius 1 is 1.29 bits per heavy atom. The van der Waals surface area contributed by atoms with Crippen LogP contribution in [-0.4, -0.2) is 18.5 Å². The molecule has 1 aliphatic heterocycles. The molecular weight excluding hydrogens is 256 g/mol. The molecule has 6 heteroatoms. The van der Waals surface area contributed by atoms with Crippen LogP contribution in [0.5, 0.6) is 5.75 Å². The van der Waals surface area contributed by atoms with Gasteiger partial charge in [-0.05, 0) is 6.07 Å². The second-order valence-corrected chi connectivity index (χ2v) is 4.49. The van der Waals surface area contributed by atoms with E-state index in [2.05, 4.69) is 12.6 Å². The van der Waals surface area contributed by atoms with Crippen molar-refractivity contribution in [1.82, 2.24) is 0 Å². The third-order valence-corrected chi connectivity index (χ3v) is 3.19. The first-order valence-electron chi connectivity index (χ1n) is 5.02. The van der Waals surface area contributed by atoms with Gasteiger partial charge in [0.05, 0.1) is 0 Å². The highest BCUT2D eigenvalue weighted by atomic mass is 32.1. The van der Waals surface area contributed by atoms with Gasteiger partial charge in [0.2, 0.25) is 0 Å². The molecule has 94 valence electrons. The first kappa shape index (κ1) is 12.5. The van der Waals surface area contributed by atoms with Gasteiger partial charge in [-0.1, -0.05) is 18.2 Å². The van der Waals surface area contributed by atoms with Crippen LogP contribution in [0.4, 0.5) is 17.6 Å². The molecule has 17 heavy (non-hydrogen) atoms. The lowest BCUT2D eigenvalue weighted by molar-refractivity contribution is -0.187. The number of thiol groups is 1. The second-order valence-electron chi connectivity index (χ2n) is 3.87. The van der Waals surface area contributed by atoms with Gasteiger partial charge in [0, 0.05) is 17.2 Å². The standard InChI is InChI=1S/C11H10F4OS/c12-10(13)11(14,15)9-5-8(17)6-3-1-2-4-7(6)16-9/h1-4,8-10,17H,5H2/t8-,9-/m1/s1. The van der Waals surface area contributed by atoms with E-state index in [0.717, 1.165) is 0 Å². The fourth-order valence-corrected chi connectivity index (χ4v) is 2.18. The van der Waals surface area contributed by atoms with E-state index in [1.165, 1.54) is 6.07 Å². The predicted molar refractivity (Wildman–Crippen MR) is 58.2 cm³/mol. The molecule has 2 atom stereocenters. The van der Waals surface area contributed by atoms with E-state index >= 15 is 0 Å². The maximum absolute atomic E-state index is 13.2. The van der Waals surface area contributed by atoms with Crippen molar-refractivity contribution in [2.75, 3.05) is 0 Å². The van der Waals surface area contributed by atoms with Crippen molar-refractivity contribution in [1.29, 1.82) is 0 Å². The summed E-state index contributed by atoms with van der Waals surface area (Å²) in [5.41, 5.74) is 0.650. The molecule has 1 heterocycles. The van der Waals surface area contributed by atoms with Gasteiger partial charge in [-0.25, -0.2) is 8.78 Å². The molecule has 1 aliphatic rings. The molecule has 0 N–H and O–H groups in total. The molecule has 0 radical (unpaired) electrons. The lowest BCUT2D eigenvalue weighted by Gasteiger charge is -2.34. The zero-order valence-electron chi connectivity index (χ0n) is 8.62. The lowest BCUT2D eigenvalue weighted by atomic mass is 9.98. The summed E-state index contributed by atoms with van der Waals surface area (Å²) < 4.78 is 55.8. The summed E-state index contributed by atoms with van der Waals surface area (Å²) in [6.07, 6.45) is -5.81. The quantitative estimate of drug-likeness (QED) is 0.634. The van der Waals surface area contributed by atoms with Crippen LogP contribution in [0.25, 0.3) is 0 Å². The molecule has 0 spiro atoms. The molecule has 0 bridgehead atoms. The summed E-state index contributed by atoms with van der Waals surface area (Å²) in [6, 6.07) is 6.48. The maximum Gasteiger partial charge on any atom is 0.343 e. The van der Waals surface area contributed by atoms with Crippen LogP contribution in [0.3, 0.4) is 0 Å². The normalized spacial score (nSPS) is 24.4. The zero-order valence-corrected chi connectivity index (χ0v) is 9.51. The Morgan fingerprint density at radius 3 is 2.59 bits per heavy atom. The Labute approximate surface area is 101 Å². The predicted octanol–water partition coefficient (Wildman–Crippen LogP) is 3.71. The van der Waals surface area contributed by atoms with Crippen molar-refractivity contribution in [2.24, 2.45) is 0 Å². The Bertz CT molecular complexity index is 410. The monoisotopic (exact) mass is 266 g/mol. The topological polar surface area (TPSA) is 9.23 Å². The number of alkyl halides is 4. The number of hydrogen-bond acceptors (Lipinski definition) is 2. The van der Waals surface area contributed by atoms with Gasteiger partial charge in [0.25, 0.3) is 0 Å². The number of rotatable bonds is 2. The molecule has 0 aliphatic carbocycles. The van der Waals surface area contributed by atoms with Gasteiger partial charge in [0.1, 0.15) is 5.75 Å². The molecule has 0 amide bonds. The molecule has 1 aromatic rings. The van der Waals surface area contributed by atoms with Crippen LogP contribution in [0.2, 0.25) is 0 Å². The fraction of sp³-hybridized carbons (Fsp3) is 0.455. The van der Waals surface area contributed by atoms with Crippen LogP contribution in [-0.2, 0) is 0 Å². The van der Waals surface area contributed by atoms with Crippen molar-refractivity contribution < 1.29 is 22.3 Å². The van der Waals surface area contributed by atoms with Crippen LogP contribution in [0, 0.1) is 0 Å². The number of para-hydroxylation sites is 1. The second kappa shape index (κ2) is 4.40. The Balaban J connectivity index is 2.28. The highest BCUT2D eigenvalue weighted by Gasteiger charge is 2.52. The molecule has 0 saturated carbocycles. The summed E-state index contributed by atoms with van der Waals surface area (Å²) in [7, 11) is 0. The van der Waals surface area contributed by atoms with Gasteiger partial charge in [-0.2, -0.15) is 21.4 Å². The van der Waals surface area contributed by atoms with Crippen LogP contribution >= 0.6 is 12.6 Å². The number of hydrogen-bond donors (Lipinski definition) is 1. The fourth-order valence-electron chi connectivity index (χ4n) is 1.77. The van der Waals surface area contributed by atoms with E-state index in [1.54, 1.807) is 18.2 Å². The van der Waals surface area contributed by atoms with Crippen molar-refractivity contribution >= 4 is 12.6 Å². The molecule has 0 fully saturated rings. The van der Waals surface area contributed by atoms with E-state index in [0.29, 0.717) is 5.56 Å². The molecule has 0 aromatic heterocycles. The minimum absolute atomic E-state index is 0.198. The summed E-state index contributed by atoms with van der Waals surface area (Å²) in [5, 5.41) is -0.519. The summed E-state index contributed by atoms with van der Waals surface area (Å²) in [4.78, 5) is 0. The minimum Gasteiger partial charge on any atom is -0.484 e. The molecule has 1 nitrogen and oxygen atoms in total. The average molecular weight is 266 g/mol. The summed E-state index contributed by atoms with van der Waals surface area (Å²) in [6.45, 7) is 0. The maximum atomic E-state index is 13.2. The van der Waals surface area contributed by atoms with Gasteiger partial charge in [0.15, 0.2) is 6.10 Å². The molecule has 2 rings (SSSR count). The molecule has 1 aromatic carbocycles. The first-order chi connectivity index (χ1) is 7.93. The molecule has 0 unspecified atom stereocenters. The highest BCUT2D eigenvalue weighted by molar-refractivity contribution is 7.80. The Kier molecular flexibility index (Phi) is 3.25. The van der Waals surface area contributed by atoms with Crippen molar-refractivity contribution in [3.05, 3.63) is 29.8 Å². The third kappa shape index (κ3) is 2.22. The van der Waals surface area contributed by atoms with Gasteiger partial charge < -0.3 is 4.74 Å². The largest absolute Gasteiger partial charge is 0.484 e. The lowest BCUT2D eigenvalue weighted by Crippen LogP contribution is -2.46. The average Bonchev–Trinajstić information content (AvgIpc) is 2.28. The van der Waals surface area contributed by atoms with Crippen LogP contribution < -0.4 is 4.74 Å².